The van der Waals surface area contributed by atoms with Crippen molar-refractivity contribution in [3.63, 3.8) is 0 Å². The smallest absolute Gasteiger partial charge is 0.408 e. The van der Waals surface area contributed by atoms with Gasteiger partial charge in [0.1, 0.15) is 27.7 Å². The van der Waals surface area contributed by atoms with E-state index in [0.29, 0.717) is 23.7 Å². The molecule has 0 bridgehead atoms. The van der Waals surface area contributed by atoms with Gasteiger partial charge in [0.2, 0.25) is 11.8 Å². The molecule has 1 aliphatic carbocycles. The van der Waals surface area contributed by atoms with Crippen LogP contribution in [0, 0.1) is 5.92 Å². The minimum atomic E-state index is -1.22. The number of alkyl carbamates (subject to hydrolysis) is 1. The zero-order chi connectivity index (χ0) is 31.5. The van der Waals surface area contributed by atoms with Crippen LogP contribution >= 0.6 is 31.9 Å². The van der Waals surface area contributed by atoms with Gasteiger partial charge in [-0.3, -0.25) is 14.4 Å². The van der Waals surface area contributed by atoms with Gasteiger partial charge in [0.05, 0.1) is 23.3 Å². The second-order valence-corrected chi connectivity index (χ2v) is 13.9. The summed E-state index contributed by atoms with van der Waals surface area (Å²) in [6.45, 7) is 7.06. The lowest BCUT2D eigenvalue weighted by Gasteiger charge is -2.30. The Labute approximate surface area is 267 Å². The van der Waals surface area contributed by atoms with Crippen molar-refractivity contribution in [2.45, 2.75) is 102 Å². The summed E-state index contributed by atoms with van der Waals surface area (Å²) >= 11 is 6.56. The highest BCUT2D eigenvalue weighted by molar-refractivity contribution is 9.13. The lowest BCUT2D eigenvalue weighted by molar-refractivity contribution is -0.150. The minimum Gasteiger partial charge on any atom is -0.464 e. The molecule has 3 amide bonds. The van der Waals surface area contributed by atoms with E-state index in [1.165, 1.54) is 15.8 Å². The van der Waals surface area contributed by atoms with Crippen LogP contribution in [-0.4, -0.2) is 74.9 Å². The maximum absolute atomic E-state index is 14.1. The SMILES string of the molecule is CCOC(=O)[C@@]12CC1C=CCCCCC[C@H](NC(=O)OC(C)(C)C)C(=O)N1C[C@H](n3ncc(Br)c(Br)c3=O)C[C@H]1C(=O)N2. The molecule has 4 rings (SSSR count). The third-order valence-electron chi connectivity index (χ3n) is 7.83. The highest BCUT2D eigenvalue weighted by Crippen LogP contribution is 2.46. The molecular formula is C29H39Br2N5O7. The van der Waals surface area contributed by atoms with E-state index in [2.05, 4.69) is 47.6 Å². The topological polar surface area (TPSA) is 149 Å². The number of hydrogen-bond donors (Lipinski definition) is 2. The van der Waals surface area contributed by atoms with Crippen LogP contribution < -0.4 is 16.2 Å². The zero-order valence-electron chi connectivity index (χ0n) is 24.9. The highest BCUT2D eigenvalue weighted by Gasteiger charge is 2.62. The second kappa shape index (κ2) is 13.5. The number of ether oxygens (including phenoxy) is 2. The standard InChI is InChI=1S/C29H39Br2N5O7/c1-5-42-26(40)29-14-17(29)11-9-7-6-8-10-12-20(33-27(41)43-28(2,3)4)24(38)35-16-18(13-21(35)23(37)34-29)36-25(39)22(31)19(30)15-32-36/h9,11,15,17-18,20-21H,5-8,10,12-14,16H2,1-4H3,(H,33,41)(H,34,37)/t17?,18-,20+,21+,29-/m1/s1. The van der Waals surface area contributed by atoms with Gasteiger partial charge in [-0.05, 0) is 85.2 Å². The van der Waals surface area contributed by atoms with Crippen LogP contribution in [0.2, 0.25) is 0 Å². The molecule has 1 unspecified atom stereocenters. The first-order valence-corrected chi connectivity index (χ1v) is 16.2. The number of halogens is 2. The van der Waals surface area contributed by atoms with Crippen molar-refractivity contribution in [3.8, 4) is 0 Å². The Morgan fingerprint density at radius 3 is 2.63 bits per heavy atom. The van der Waals surface area contributed by atoms with Crippen LogP contribution in [0.4, 0.5) is 4.79 Å². The van der Waals surface area contributed by atoms with E-state index >= 15 is 0 Å². The molecule has 1 aromatic rings. The maximum Gasteiger partial charge on any atom is 0.408 e. The molecule has 12 nitrogen and oxygen atoms in total. The Balaban J connectivity index is 1.70. The molecule has 1 saturated heterocycles. The number of esters is 1. The van der Waals surface area contributed by atoms with E-state index in [1.807, 2.05) is 12.2 Å². The van der Waals surface area contributed by atoms with Crippen molar-refractivity contribution >= 4 is 55.7 Å². The first kappa shape index (κ1) is 33.2. The van der Waals surface area contributed by atoms with Gasteiger partial charge in [-0.2, -0.15) is 5.10 Å². The van der Waals surface area contributed by atoms with Gasteiger partial charge in [0.15, 0.2) is 0 Å². The van der Waals surface area contributed by atoms with Gasteiger partial charge in [0, 0.05) is 18.9 Å². The first-order chi connectivity index (χ1) is 20.3. The van der Waals surface area contributed by atoms with Crippen LogP contribution in [0.15, 0.2) is 32.1 Å². The number of fused-ring (bicyclic) bond motifs is 2. The molecule has 0 spiro atoms. The highest BCUT2D eigenvalue weighted by atomic mass is 79.9. The number of carbonyl (C=O) groups excluding carboxylic acids is 4. The van der Waals surface area contributed by atoms with Crippen molar-refractivity contribution < 1.29 is 28.7 Å². The van der Waals surface area contributed by atoms with Crippen molar-refractivity contribution in [1.29, 1.82) is 0 Å². The normalized spacial score (nSPS) is 28.1. The molecule has 14 heteroatoms. The molecule has 3 aliphatic rings. The number of amides is 3. The molecular weight excluding hydrogens is 690 g/mol. The quantitative estimate of drug-likeness (QED) is 0.352. The van der Waals surface area contributed by atoms with Crippen LogP contribution in [0.25, 0.3) is 0 Å². The largest absolute Gasteiger partial charge is 0.464 e. The summed E-state index contributed by atoms with van der Waals surface area (Å²) in [5.74, 6) is -1.75. The summed E-state index contributed by atoms with van der Waals surface area (Å²) in [4.78, 5) is 68.4. The van der Waals surface area contributed by atoms with E-state index in [4.69, 9.17) is 9.47 Å². The first-order valence-electron chi connectivity index (χ1n) is 14.7. The lowest BCUT2D eigenvalue weighted by Crippen LogP contribution is -2.56. The van der Waals surface area contributed by atoms with Gasteiger partial charge in [-0.1, -0.05) is 25.0 Å². The maximum atomic E-state index is 14.1. The number of allylic oxidation sites excluding steroid dienone is 1. The third kappa shape index (κ3) is 7.68. The second-order valence-electron chi connectivity index (χ2n) is 12.2. The predicted molar refractivity (Wildman–Crippen MR) is 164 cm³/mol. The number of rotatable bonds is 4. The zero-order valence-corrected chi connectivity index (χ0v) is 28.0. The van der Waals surface area contributed by atoms with Crippen molar-refractivity contribution in [2.75, 3.05) is 13.2 Å². The Bertz CT molecular complexity index is 1340. The van der Waals surface area contributed by atoms with Crippen LogP contribution in [0.5, 0.6) is 0 Å². The summed E-state index contributed by atoms with van der Waals surface area (Å²) in [7, 11) is 0. The van der Waals surface area contributed by atoms with Crippen LogP contribution in [-0.2, 0) is 23.9 Å². The molecule has 2 fully saturated rings. The van der Waals surface area contributed by atoms with E-state index < -0.39 is 58.7 Å². The van der Waals surface area contributed by atoms with Crippen LogP contribution in [0.3, 0.4) is 0 Å². The van der Waals surface area contributed by atoms with Gasteiger partial charge < -0.3 is 25.0 Å². The molecule has 1 aromatic heterocycles. The molecule has 2 aliphatic heterocycles. The average molecular weight is 729 g/mol. The molecule has 43 heavy (non-hydrogen) atoms. The Morgan fingerprint density at radius 1 is 1.19 bits per heavy atom. The van der Waals surface area contributed by atoms with Gasteiger partial charge in [-0.15, -0.1) is 0 Å². The third-order valence-corrected chi connectivity index (χ3v) is 9.73. The van der Waals surface area contributed by atoms with E-state index in [0.717, 1.165) is 19.3 Å². The Hall–Kier alpha value is -2.74. The summed E-state index contributed by atoms with van der Waals surface area (Å²) < 4.78 is 12.8. The predicted octanol–water partition coefficient (Wildman–Crippen LogP) is 3.76. The van der Waals surface area contributed by atoms with E-state index in [-0.39, 0.29) is 30.0 Å². The number of nitrogens with zero attached hydrogens (tertiary/aromatic N) is 3. The molecule has 0 radical (unpaired) electrons. The lowest BCUT2D eigenvalue weighted by atomic mass is 10.0. The summed E-state index contributed by atoms with van der Waals surface area (Å²) in [6, 6.07) is -2.62. The minimum absolute atomic E-state index is 0.000134. The van der Waals surface area contributed by atoms with Gasteiger partial charge in [-0.25, -0.2) is 14.3 Å². The van der Waals surface area contributed by atoms with Crippen molar-refractivity contribution in [3.05, 3.63) is 37.6 Å². The molecule has 0 aromatic carbocycles. The molecule has 5 atom stereocenters. The summed E-state index contributed by atoms with van der Waals surface area (Å²) in [6.07, 6.45) is 8.62. The monoisotopic (exact) mass is 727 g/mol. The number of hydrogen-bond acceptors (Lipinski definition) is 8. The average Bonchev–Trinajstić information content (AvgIpc) is 3.44. The van der Waals surface area contributed by atoms with Gasteiger partial charge in [0.25, 0.3) is 5.56 Å². The Kier molecular flexibility index (Phi) is 10.4. The Morgan fingerprint density at radius 2 is 1.93 bits per heavy atom. The fourth-order valence-corrected chi connectivity index (χ4v) is 6.18. The van der Waals surface area contributed by atoms with Crippen LogP contribution in [0.1, 0.15) is 78.7 Å². The summed E-state index contributed by atoms with van der Waals surface area (Å²) in [5, 5.41) is 9.89. The molecule has 1 saturated carbocycles. The van der Waals surface area contributed by atoms with Crippen molar-refractivity contribution in [1.82, 2.24) is 25.3 Å². The number of nitrogens with one attached hydrogen (secondary N) is 2. The van der Waals surface area contributed by atoms with E-state index in [9.17, 15) is 24.0 Å². The summed E-state index contributed by atoms with van der Waals surface area (Å²) in [5.41, 5.74) is -2.42. The number of carbonyl (C=O) groups is 4. The van der Waals surface area contributed by atoms with E-state index in [1.54, 1.807) is 27.7 Å². The molecule has 2 N–H and O–H groups in total. The number of aromatic nitrogens is 2. The molecule has 3 heterocycles. The molecule has 236 valence electrons. The van der Waals surface area contributed by atoms with Crippen molar-refractivity contribution in [2.24, 2.45) is 5.92 Å². The fraction of sp³-hybridized carbons (Fsp3) is 0.655. The van der Waals surface area contributed by atoms with Gasteiger partial charge >= 0.3 is 12.1 Å². The fourth-order valence-electron chi connectivity index (χ4n) is 5.64.